The van der Waals surface area contributed by atoms with E-state index in [4.69, 9.17) is 14.2 Å². The number of methoxy groups -OCH3 is 1. The summed E-state index contributed by atoms with van der Waals surface area (Å²) in [7, 11) is 1.21. The first kappa shape index (κ1) is 31.4. The highest BCUT2D eigenvalue weighted by Crippen LogP contribution is 2.32. The summed E-state index contributed by atoms with van der Waals surface area (Å²) in [5, 5.41) is 0. The number of ketones is 1. The van der Waals surface area contributed by atoms with E-state index in [1.54, 1.807) is 30.3 Å². The van der Waals surface area contributed by atoms with E-state index in [9.17, 15) is 14.4 Å². The van der Waals surface area contributed by atoms with Crippen LogP contribution in [0.15, 0.2) is 72.8 Å². The molecule has 7 heteroatoms. The highest BCUT2D eigenvalue weighted by Gasteiger charge is 2.24. The lowest BCUT2D eigenvalue weighted by atomic mass is 10.1. The van der Waals surface area contributed by atoms with E-state index >= 15 is 0 Å². The number of carbonyl (C=O) groups is 3. The van der Waals surface area contributed by atoms with Crippen molar-refractivity contribution in [3.63, 3.8) is 0 Å². The van der Waals surface area contributed by atoms with Gasteiger partial charge < -0.3 is 18.9 Å². The fourth-order valence-corrected chi connectivity index (χ4v) is 4.34. The molecule has 0 radical (unpaired) electrons. The molecular formula is C34H40O7. The fraction of sp³-hybridized carbons (Fsp3) is 0.382. The molecule has 0 aliphatic rings. The number of unbranched alkanes of at least 4 members (excludes halogenated alkanes) is 7. The number of carbonyl (C=O) groups excluding carboxylic acids is 3. The molecule has 0 aromatic heterocycles. The standard InChI is InChI=1S/C34H40O7/c1-3-4-5-6-7-8-9-15-23-39-30-21-16-22-31(40-25-26-17-11-10-12-18-26)33(30)34(37)41-29-20-14-13-19-27(29)28(35)24-32(36)38-2/h10-14,16-22H,3-9,15,23-25H2,1-2H3. The lowest BCUT2D eigenvalue weighted by Gasteiger charge is -2.16. The Kier molecular flexibility index (Phi) is 13.4. The van der Waals surface area contributed by atoms with Crippen molar-refractivity contribution in [1.29, 1.82) is 0 Å². The molecule has 0 heterocycles. The van der Waals surface area contributed by atoms with Crippen molar-refractivity contribution in [2.24, 2.45) is 0 Å². The van der Waals surface area contributed by atoms with Gasteiger partial charge in [-0.15, -0.1) is 0 Å². The van der Waals surface area contributed by atoms with Crippen LogP contribution in [0, 0.1) is 0 Å². The summed E-state index contributed by atoms with van der Waals surface area (Å²) < 4.78 is 22.5. The lowest BCUT2D eigenvalue weighted by Crippen LogP contribution is -2.16. The first-order chi connectivity index (χ1) is 20.0. The third-order valence-electron chi connectivity index (χ3n) is 6.61. The molecule has 0 saturated carbocycles. The van der Waals surface area contributed by atoms with E-state index in [0.717, 1.165) is 24.8 Å². The van der Waals surface area contributed by atoms with Gasteiger partial charge in [0.2, 0.25) is 0 Å². The van der Waals surface area contributed by atoms with Gasteiger partial charge in [0.05, 0.1) is 19.3 Å². The van der Waals surface area contributed by atoms with Gasteiger partial charge in [-0.05, 0) is 36.2 Å². The molecular weight excluding hydrogens is 520 g/mol. The second-order valence-electron chi connectivity index (χ2n) is 9.79. The van der Waals surface area contributed by atoms with Crippen LogP contribution < -0.4 is 14.2 Å². The lowest BCUT2D eigenvalue weighted by molar-refractivity contribution is -0.139. The van der Waals surface area contributed by atoms with E-state index < -0.39 is 24.1 Å². The Morgan fingerprint density at radius 1 is 0.659 bits per heavy atom. The van der Waals surface area contributed by atoms with Gasteiger partial charge in [-0.1, -0.05) is 100 Å². The maximum Gasteiger partial charge on any atom is 0.351 e. The number of benzene rings is 3. The quantitative estimate of drug-likeness (QED) is 0.0517. The molecule has 0 aliphatic carbocycles. The zero-order chi connectivity index (χ0) is 29.3. The first-order valence-corrected chi connectivity index (χ1v) is 14.4. The Morgan fingerprint density at radius 3 is 1.98 bits per heavy atom. The van der Waals surface area contributed by atoms with E-state index in [0.29, 0.717) is 18.1 Å². The summed E-state index contributed by atoms with van der Waals surface area (Å²) in [5.74, 6) is -1.21. The van der Waals surface area contributed by atoms with Crippen LogP contribution in [-0.2, 0) is 16.1 Å². The van der Waals surface area contributed by atoms with Crippen molar-refractivity contribution in [1.82, 2.24) is 0 Å². The molecule has 0 N–H and O–H groups in total. The predicted molar refractivity (Wildman–Crippen MR) is 158 cm³/mol. The molecule has 0 aliphatic heterocycles. The number of para-hydroxylation sites is 1. The van der Waals surface area contributed by atoms with Crippen LogP contribution in [0.2, 0.25) is 0 Å². The summed E-state index contributed by atoms with van der Waals surface area (Å²) in [4.78, 5) is 38.0. The largest absolute Gasteiger partial charge is 0.493 e. The highest BCUT2D eigenvalue weighted by molar-refractivity contribution is 6.08. The Morgan fingerprint density at radius 2 is 1.27 bits per heavy atom. The zero-order valence-corrected chi connectivity index (χ0v) is 24.1. The van der Waals surface area contributed by atoms with Crippen LogP contribution in [-0.4, -0.2) is 31.4 Å². The molecule has 0 unspecified atom stereocenters. The molecule has 0 spiro atoms. The molecule has 0 fully saturated rings. The van der Waals surface area contributed by atoms with Crippen LogP contribution in [0.1, 0.15) is 91.0 Å². The maximum atomic E-state index is 13.6. The van der Waals surface area contributed by atoms with Crippen molar-refractivity contribution in [3.05, 3.63) is 89.5 Å². The van der Waals surface area contributed by atoms with Gasteiger partial charge in [0.15, 0.2) is 5.78 Å². The number of ether oxygens (including phenoxy) is 4. The van der Waals surface area contributed by atoms with Gasteiger partial charge in [-0.3, -0.25) is 9.59 Å². The summed E-state index contributed by atoms with van der Waals surface area (Å²) in [6, 6.07) is 21.1. The van der Waals surface area contributed by atoms with Gasteiger partial charge in [0.1, 0.15) is 35.8 Å². The number of hydrogen-bond acceptors (Lipinski definition) is 7. The van der Waals surface area contributed by atoms with Crippen molar-refractivity contribution < 1.29 is 33.3 Å². The molecule has 3 aromatic carbocycles. The first-order valence-electron chi connectivity index (χ1n) is 14.4. The van der Waals surface area contributed by atoms with Crippen molar-refractivity contribution >= 4 is 17.7 Å². The van der Waals surface area contributed by atoms with E-state index in [1.807, 2.05) is 30.3 Å². The van der Waals surface area contributed by atoms with Crippen LogP contribution in [0.4, 0.5) is 0 Å². The average Bonchev–Trinajstić information content (AvgIpc) is 2.99. The second kappa shape index (κ2) is 17.5. The summed E-state index contributed by atoms with van der Waals surface area (Å²) in [6.45, 7) is 2.91. The number of hydrogen-bond donors (Lipinski definition) is 0. The van der Waals surface area contributed by atoms with Gasteiger partial charge in [-0.25, -0.2) is 4.79 Å². The second-order valence-corrected chi connectivity index (χ2v) is 9.79. The number of esters is 2. The van der Waals surface area contributed by atoms with Gasteiger partial charge in [0, 0.05) is 0 Å². The monoisotopic (exact) mass is 560 g/mol. The molecule has 0 amide bonds. The summed E-state index contributed by atoms with van der Waals surface area (Å²) in [6.07, 6.45) is 8.88. The summed E-state index contributed by atoms with van der Waals surface area (Å²) in [5.41, 5.74) is 1.18. The predicted octanol–water partition coefficient (Wildman–Crippen LogP) is 7.75. The molecule has 3 rings (SSSR count). The van der Waals surface area contributed by atoms with Crippen molar-refractivity contribution in [2.45, 2.75) is 71.3 Å². The third kappa shape index (κ3) is 10.4. The van der Waals surface area contributed by atoms with Crippen LogP contribution in [0.25, 0.3) is 0 Å². The molecule has 41 heavy (non-hydrogen) atoms. The number of rotatable bonds is 18. The third-order valence-corrected chi connectivity index (χ3v) is 6.61. The van der Waals surface area contributed by atoms with E-state index in [-0.39, 0.29) is 23.5 Å². The molecule has 0 saturated heterocycles. The van der Waals surface area contributed by atoms with Gasteiger partial charge in [0.25, 0.3) is 0 Å². The normalized spacial score (nSPS) is 10.6. The molecule has 7 nitrogen and oxygen atoms in total. The molecule has 0 atom stereocenters. The van der Waals surface area contributed by atoms with E-state index in [1.165, 1.54) is 51.3 Å². The minimum Gasteiger partial charge on any atom is -0.493 e. The van der Waals surface area contributed by atoms with E-state index in [2.05, 4.69) is 11.7 Å². The number of Topliss-reactive ketones (excluding diaryl/α,β-unsaturated/α-hetero) is 1. The zero-order valence-electron chi connectivity index (χ0n) is 24.1. The van der Waals surface area contributed by atoms with Crippen LogP contribution >= 0.6 is 0 Å². The van der Waals surface area contributed by atoms with Gasteiger partial charge in [-0.2, -0.15) is 0 Å². The maximum absolute atomic E-state index is 13.6. The van der Waals surface area contributed by atoms with Crippen LogP contribution in [0.3, 0.4) is 0 Å². The molecule has 0 bridgehead atoms. The smallest absolute Gasteiger partial charge is 0.351 e. The summed E-state index contributed by atoms with van der Waals surface area (Å²) >= 11 is 0. The minimum absolute atomic E-state index is 0.0401. The SMILES string of the molecule is CCCCCCCCCCOc1cccc(OCc2ccccc2)c1C(=O)Oc1ccccc1C(=O)CC(=O)OC. The molecule has 218 valence electrons. The average molecular weight is 561 g/mol. The Hall–Kier alpha value is -4.13. The Labute approximate surface area is 242 Å². The Balaban J connectivity index is 1.75. The van der Waals surface area contributed by atoms with Crippen molar-refractivity contribution in [3.8, 4) is 17.2 Å². The Bertz CT molecular complexity index is 1250. The van der Waals surface area contributed by atoms with Crippen LogP contribution in [0.5, 0.6) is 17.2 Å². The topological polar surface area (TPSA) is 88.1 Å². The van der Waals surface area contributed by atoms with Crippen molar-refractivity contribution in [2.75, 3.05) is 13.7 Å². The minimum atomic E-state index is -0.724. The van der Waals surface area contributed by atoms with Gasteiger partial charge >= 0.3 is 11.9 Å². The fourth-order valence-electron chi connectivity index (χ4n) is 4.34. The molecule has 3 aromatic rings. The highest BCUT2D eigenvalue weighted by atomic mass is 16.5.